The van der Waals surface area contributed by atoms with Crippen LogP contribution in [0.1, 0.15) is 13.8 Å². The number of aromatic nitrogens is 3. The van der Waals surface area contributed by atoms with E-state index in [4.69, 9.17) is 11.5 Å². The Balaban J connectivity index is 2.42. The number of anilines is 2. The molecule has 4 N–H and O–H groups in total. The van der Waals surface area contributed by atoms with Gasteiger partial charge in [0.15, 0.2) is 5.82 Å². The summed E-state index contributed by atoms with van der Waals surface area (Å²) in [6, 6.07) is 5.45. The summed E-state index contributed by atoms with van der Waals surface area (Å²) < 4.78 is 2.01. The van der Waals surface area contributed by atoms with E-state index in [2.05, 4.69) is 24.0 Å². The fourth-order valence-corrected chi connectivity index (χ4v) is 1.81. The highest BCUT2D eigenvalue weighted by Gasteiger charge is 2.09. The van der Waals surface area contributed by atoms with Gasteiger partial charge in [-0.1, -0.05) is 13.8 Å². The van der Waals surface area contributed by atoms with Gasteiger partial charge in [0.05, 0.1) is 0 Å². The van der Waals surface area contributed by atoms with Crippen LogP contribution < -0.4 is 11.5 Å². The minimum atomic E-state index is 0.531. The monoisotopic (exact) mass is 231 g/mol. The van der Waals surface area contributed by atoms with Gasteiger partial charge in [-0.3, -0.25) is 0 Å². The van der Waals surface area contributed by atoms with Crippen molar-refractivity contribution in [1.29, 1.82) is 0 Å². The molecule has 5 nitrogen and oxygen atoms in total. The molecule has 2 rings (SSSR count). The average molecular weight is 231 g/mol. The van der Waals surface area contributed by atoms with E-state index in [0.29, 0.717) is 17.3 Å². The van der Waals surface area contributed by atoms with Gasteiger partial charge in [0, 0.05) is 23.5 Å². The molecule has 0 fully saturated rings. The molecule has 90 valence electrons. The first kappa shape index (κ1) is 11.4. The van der Waals surface area contributed by atoms with Crippen molar-refractivity contribution < 1.29 is 0 Å². The first-order valence-electron chi connectivity index (χ1n) is 5.60. The summed E-state index contributed by atoms with van der Waals surface area (Å²) in [5, 5.41) is 8.07. The molecule has 0 unspecified atom stereocenters. The van der Waals surface area contributed by atoms with Crippen LogP contribution in [-0.4, -0.2) is 14.8 Å². The fourth-order valence-electron chi connectivity index (χ4n) is 1.81. The summed E-state index contributed by atoms with van der Waals surface area (Å²) in [4.78, 5) is 0. The minimum absolute atomic E-state index is 0.531. The molecule has 5 heteroatoms. The summed E-state index contributed by atoms with van der Waals surface area (Å²) in [5.41, 5.74) is 13.7. The Morgan fingerprint density at radius 1 is 1.18 bits per heavy atom. The SMILES string of the molecule is CC(C)Cn1cnnc1-c1cc(N)cc(N)c1. The zero-order valence-electron chi connectivity index (χ0n) is 10.1. The Morgan fingerprint density at radius 3 is 2.41 bits per heavy atom. The quantitative estimate of drug-likeness (QED) is 0.788. The molecule has 17 heavy (non-hydrogen) atoms. The van der Waals surface area contributed by atoms with Crippen molar-refractivity contribution in [2.24, 2.45) is 5.92 Å². The zero-order chi connectivity index (χ0) is 12.4. The van der Waals surface area contributed by atoms with Gasteiger partial charge in [-0.2, -0.15) is 0 Å². The lowest BCUT2D eigenvalue weighted by Crippen LogP contribution is -2.05. The van der Waals surface area contributed by atoms with E-state index in [1.54, 1.807) is 12.4 Å². The van der Waals surface area contributed by atoms with E-state index in [1.165, 1.54) is 0 Å². The van der Waals surface area contributed by atoms with Crippen LogP contribution in [0, 0.1) is 5.92 Å². The summed E-state index contributed by atoms with van der Waals surface area (Å²) in [6.45, 7) is 5.17. The highest BCUT2D eigenvalue weighted by atomic mass is 15.3. The van der Waals surface area contributed by atoms with Crippen LogP contribution in [0.3, 0.4) is 0 Å². The lowest BCUT2D eigenvalue weighted by molar-refractivity contribution is 0.525. The Bertz CT molecular complexity index is 495. The number of nitrogen functional groups attached to an aromatic ring is 2. The van der Waals surface area contributed by atoms with Gasteiger partial charge >= 0.3 is 0 Å². The highest BCUT2D eigenvalue weighted by Crippen LogP contribution is 2.23. The van der Waals surface area contributed by atoms with Gasteiger partial charge in [0.25, 0.3) is 0 Å². The maximum atomic E-state index is 5.78. The molecular weight excluding hydrogens is 214 g/mol. The Kier molecular flexibility index (Phi) is 2.99. The maximum absolute atomic E-state index is 5.78. The minimum Gasteiger partial charge on any atom is -0.399 e. The smallest absolute Gasteiger partial charge is 0.163 e. The van der Waals surface area contributed by atoms with Crippen LogP contribution in [0.15, 0.2) is 24.5 Å². The molecule has 0 aliphatic carbocycles. The predicted octanol–water partition coefficient (Wildman–Crippen LogP) is 1.77. The van der Waals surface area contributed by atoms with Crippen molar-refractivity contribution in [3.63, 3.8) is 0 Å². The highest BCUT2D eigenvalue weighted by molar-refractivity contribution is 5.68. The molecule has 0 spiro atoms. The lowest BCUT2D eigenvalue weighted by Gasteiger charge is -2.10. The largest absolute Gasteiger partial charge is 0.399 e. The van der Waals surface area contributed by atoms with E-state index in [9.17, 15) is 0 Å². The van der Waals surface area contributed by atoms with E-state index >= 15 is 0 Å². The maximum Gasteiger partial charge on any atom is 0.163 e. The first-order chi connectivity index (χ1) is 8.06. The van der Waals surface area contributed by atoms with Gasteiger partial charge in [0.1, 0.15) is 6.33 Å². The third-order valence-electron chi connectivity index (χ3n) is 2.41. The summed E-state index contributed by atoms with van der Waals surface area (Å²) >= 11 is 0. The molecule has 0 saturated heterocycles. The molecule has 0 aliphatic heterocycles. The predicted molar refractivity (Wildman–Crippen MR) is 69.1 cm³/mol. The van der Waals surface area contributed by atoms with E-state index in [1.807, 2.05) is 16.7 Å². The second-order valence-electron chi connectivity index (χ2n) is 4.59. The molecule has 0 saturated carbocycles. The summed E-state index contributed by atoms with van der Waals surface area (Å²) in [7, 11) is 0. The van der Waals surface area contributed by atoms with Crippen LogP contribution >= 0.6 is 0 Å². The Morgan fingerprint density at radius 2 is 1.82 bits per heavy atom. The fraction of sp³-hybridized carbons (Fsp3) is 0.333. The zero-order valence-corrected chi connectivity index (χ0v) is 10.1. The lowest BCUT2D eigenvalue weighted by atomic mass is 10.1. The number of rotatable bonds is 3. The van der Waals surface area contributed by atoms with Crippen LogP contribution in [0.25, 0.3) is 11.4 Å². The van der Waals surface area contributed by atoms with Crippen molar-refractivity contribution in [1.82, 2.24) is 14.8 Å². The van der Waals surface area contributed by atoms with E-state index < -0.39 is 0 Å². The molecule has 1 heterocycles. The van der Waals surface area contributed by atoms with Crippen molar-refractivity contribution >= 4 is 11.4 Å². The number of benzene rings is 1. The number of nitrogens with two attached hydrogens (primary N) is 2. The van der Waals surface area contributed by atoms with Crippen molar-refractivity contribution in [3.8, 4) is 11.4 Å². The van der Waals surface area contributed by atoms with Crippen LogP contribution in [-0.2, 0) is 6.54 Å². The molecule has 2 aromatic rings. The first-order valence-corrected chi connectivity index (χ1v) is 5.60. The summed E-state index contributed by atoms with van der Waals surface area (Å²) in [6.07, 6.45) is 1.73. The molecule has 0 bridgehead atoms. The van der Waals surface area contributed by atoms with Crippen molar-refractivity contribution in [2.75, 3.05) is 11.5 Å². The van der Waals surface area contributed by atoms with E-state index in [-0.39, 0.29) is 0 Å². The number of hydrogen-bond donors (Lipinski definition) is 2. The second kappa shape index (κ2) is 4.45. The van der Waals surface area contributed by atoms with Gasteiger partial charge in [0.2, 0.25) is 0 Å². The third kappa shape index (κ3) is 2.55. The molecule has 0 amide bonds. The second-order valence-corrected chi connectivity index (χ2v) is 4.59. The molecule has 0 radical (unpaired) electrons. The number of nitrogens with zero attached hydrogens (tertiary/aromatic N) is 3. The van der Waals surface area contributed by atoms with Gasteiger partial charge in [-0.25, -0.2) is 0 Å². The van der Waals surface area contributed by atoms with Gasteiger partial charge < -0.3 is 16.0 Å². The Hall–Kier alpha value is -2.04. The van der Waals surface area contributed by atoms with Crippen LogP contribution in [0.4, 0.5) is 11.4 Å². The van der Waals surface area contributed by atoms with Crippen LogP contribution in [0.2, 0.25) is 0 Å². The molecule has 1 aromatic heterocycles. The Labute approximate surface area is 100 Å². The van der Waals surface area contributed by atoms with E-state index in [0.717, 1.165) is 17.9 Å². The average Bonchev–Trinajstić information content (AvgIpc) is 2.63. The molecular formula is C12H17N5. The molecule has 0 atom stereocenters. The standard InChI is InChI=1S/C12H17N5/c1-8(2)6-17-7-15-16-12(17)9-3-10(13)5-11(14)4-9/h3-5,7-8H,6,13-14H2,1-2H3. The third-order valence-corrected chi connectivity index (χ3v) is 2.41. The van der Waals surface area contributed by atoms with Crippen LogP contribution in [0.5, 0.6) is 0 Å². The molecule has 0 aliphatic rings. The number of hydrogen-bond acceptors (Lipinski definition) is 4. The van der Waals surface area contributed by atoms with Crippen molar-refractivity contribution in [3.05, 3.63) is 24.5 Å². The molecule has 1 aromatic carbocycles. The van der Waals surface area contributed by atoms with Gasteiger partial charge in [-0.05, 0) is 24.1 Å². The van der Waals surface area contributed by atoms with Gasteiger partial charge in [-0.15, -0.1) is 10.2 Å². The topological polar surface area (TPSA) is 82.8 Å². The normalized spacial score (nSPS) is 11.0. The summed E-state index contributed by atoms with van der Waals surface area (Å²) in [5.74, 6) is 1.33. The van der Waals surface area contributed by atoms with Crippen molar-refractivity contribution in [2.45, 2.75) is 20.4 Å².